The second-order valence-electron chi connectivity index (χ2n) is 17.6. The fraction of sp³-hybridized carbons (Fsp3) is 0.0159. The third kappa shape index (κ3) is 4.99. The summed E-state index contributed by atoms with van der Waals surface area (Å²) in [6.45, 7) is 0. The van der Waals surface area contributed by atoms with E-state index in [1.807, 2.05) is 0 Å². The molecule has 2 nitrogen and oxygen atoms in total. The molecule has 1 aliphatic carbocycles. The zero-order valence-electron chi connectivity index (χ0n) is 35.5. The minimum Gasteiger partial charge on any atom is -0.310 e. The smallest absolute Gasteiger partial charge is 0.0754 e. The second kappa shape index (κ2) is 13.8. The van der Waals surface area contributed by atoms with Crippen molar-refractivity contribution < 1.29 is 0 Å². The van der Waals surface area contributed by atoms with Crippen molar-refractivity contribution in [2.24, 2.45) is 0 Å². The first-order valence-corrected chi connectivity index (χ1v) is 22.6. The lowest BCUT2D eigenvalue weighted by molar-refractivity contribution is 0.748. The molecule has 0 saturated carbocycles. The second-order valence-corrected chi connectivity index (χ2v) is 17.6. The van der Waals surface area contributed by atoms with E-state index in [-0.39, 0.29) is 0 Å². The van der Waals surface area contributed by atoms with E-state index in [1.54, 1.807) is 0 Å². The topological polar surface area (TPSA) is 8.17 Å². The first-order valence-electron chi connectivity index (χ1n) is 22.6. The lowest BCUT2D eigenvalue weighted by Crippen LogP contribution is -2.33. The maximum absolute atomic E-state index is 2.56. The van der Waals surface area contributed by atoms with Crippen LogP contribution >= 0.6 is 0 Å². The average molecular weight is 825 g/mol. The van der Waals surface area contributed by atoms with Crippen LogP contribution in [0, 0.1) is 0 Å². The average Bonchev–Trinajstić information content (AvgIpc) is 3.88. The monoisotopic (exact) mass is 824 g/mol. The number of hydrogen-bond donors (Lipinski definition) is 0. The number of hydrogen-bond acceptors (Lipinski definition) is 1. The van der Waals surface area contributed by atoms with Crippen LogP contribution in [0.4, 0.5) is 17.1 Å². The van der Waals surface area contributed by atoms with Gasteiger partial charge in [0, 0.05) is 27.7 Å². The fourth-order valence-electron chi connectivity index (χ4n) is 11.7. The molecule has 0 unspecified atom stereocenters. The number of rotatable bonds is 5. The molecule has 65 heavy (non-hydrogen) atoms. The van der Waals surface area contributed by atoms with E-state index < -0.39 is 5.41 Å². The predicted molar refractivity (Wildman–Crippen MR) is 272 cm³/mol. The van der Waals surface area contributed by atoms with Crippen LogP contribution in [0.5, 0.6) is 0 Å². The molecule has 0 radical (unpaired) electrons. The quantitative estimate of drug-likeness (QED) is 0.157. The van der Waals surface area contributed by atoms with Gasteiger partial charge in [0.25, 0.3) is 0 Å². The minimum atomic E-state index is -0.456. The van der Waals surface area contributed by atoms with Crippen LogP contribution < -0.4 is 4.90 Å². The predicted octanol–water partition coefficient (Wildman–Crippen LogP) is 16.6. The lowest BCUT2D eigenvalue weighted by Gasteiger charge is -2.39. The van der Waals surface area contributed by atoms with Crippen molar-refractivity contribution in [3.8, 4) is 39.1 Å². The Hall–Kier alpha value is -8.46. The number of benzene rings is 11. The molecule has 2 aliphatic rings. The van der Waals surface area contributed by atoms with Gasteiger partial charge in [-0.1, -0.05) is 194 Å². The van der Waals surface area contributed by atoms with E-state index in [1.165, 1.54) is 105 Å². The SMILES string of the molecule is c1ccc(N(c2ccc(-c3ccc4ccc5ccccc5c4c3)cc2)c2ccccc2-c2cccc3c2c2cccc4c2n3-c2ccccc2C42c3ccccc3-c3ccccc32)cc1. The summed E-state index contributed by atoms with van der Waals surface area (Å²) < 4.78 is 2.56. The molecule has 11 aromatic carbocycles. The number of nitrogens with zero attached hydrogens (tertiary/aromatic N) is 2. The summed E-state index contributed by atoms with van der Waals surface area (Å²) in [7, 11) is 0. The molecule has 1 spiro atoms. The maximum Gasteiger partial charge on any atom is 0.0754 e. The summed E-state index contributed by atoms with van der Waals surface area (Å²) in [5.41, 5.74) is 19.3. The lowest BCUT2D eigenvalue weighted by atomic mass is 9.65. The van der Waals surface area contributed by atoms with Crippen molar-refractivity contribution in [2.75, 3.05) is 4.90 Å². The molecule has 14 rings (SSSR count). The largest absolute Gasteiger partial charge is 0.310 e. The van der Waals surface area contributed by atoms with E-state index in [0.717, 1.165) is 17.1 Å². The third-order valence-electron chi connectivity index (χ3n) is 14.4. The van der Waals surface area contributed by atoms with E-state index in [9.17, 15) is 0 Å². The molecular weight excluding hydrogens is 785 g/mol. The first-order chi connectivity index (χ1) is 32.3. The van der Waals surface area contributed by atoms with Gasteiger partial charge in [-0.3, -0.25) is 0 Å². The summed E-state index contributed by atoms with van der Waals surface area (Å²) in [5, 5.41) is 7.60. The number of fused-ring (bicyclic) bond motifs is 15. The molecule has 0 atom stereocenters. The summed E-state index contributed by atoms with van der Waals surface area (Å²) in [6.07, 6.45) is 0. The van der Waals surface area contributed by atoms with E-state index >= 15 is 0 Å². The van der Waals surface area contributed by atoms with Gasteiger partial charge in [-0.25, -0.2) is 0 Å². The summed E-state index contributed by atoms with van der Waals surface area (Å²) in [6, 6.07) is 90.0. The highest BCUT2D eigenvalue weighted by Gasteiger charge is 2.50. The van der Waals surface area contributed by atoms with E-state index in [2.05, 4.69) is 252 Å². The van der Waals surface area contributed by atoms with Crippen molar-refractivity contribution in [3.05, 3.63) is 265 Å². The van der Waals surface area contributed by atoms with Gasteiger partial charge in [-0.05, 0) is 120 Å². The van der Waals surface area contributed by atoms with Crippen LogP contribution in [-0.2, 0) is 5.41 Å². The Balaban J connectivity index is 0.973. The number of anilines is 3. The molecule has 1 aliphatic heterocycles. The van der Waals surface area contributed by atoms with Crippen LogP contribution in [0.25, 0.3) is 82.4 Å². The molecule has 2 heteroatoms. The number of para-hydroxylation sites is 4. The van der Waals surface area contributed by atoms with E-state index in [4.69, 9.17) is 0 Å². The van der Waals surface area contributed by atoms with Crippen LogP contribution in [0.1, 0.15) is 22.3 Å². The van der Waals surface area contributed by atoms with Gasteiger partial charge < -0.3 is 9.47 Å². The van der Waals surface area contributed by atoms with Crippen LogP contribution in [0.3, 0.4) is 0 Å². The third-order valence-corrected chi connectivity index (χ3v) is 14.4. The molecule has 0 saturated heterocycles. The fourth-order valence-corrected chi connectivity index (χ4v) is 11.7. The maximum atomic E-state index is 2.56. The Kier molecular flexibility index (Phi) is 7.64. The van der Waals surface area contributed by atoms with Gasteiger partial charge in [0.05, 0.1) is 27.8 Å². The summed E-state index contributed by atoms with van der Waals surface area (Å²) in [5.74, 6) is 0. The molecule has 0 N–H and O–H groups in total. The zero-order chi connectivity index (χ0) is 42.6. The van der Waals surface area contributed by atoms with Gasteiger partial charge in [0.15, 0.2) is 0 Å². The minimum absolute atomic E-state index is 0.456. The zero-order valence-corrected chi connectivity index (χ0v) is 35.5. The summed E-state index contributed by atoms with van der Waals surface area (Å²) >= 11 is 0. The van der Waals surface area contributed by atoms with Gasteiger partial charge in [-0.2, -0.15) is 0 Å². The van der Waals surface area contributed by atoms with Crippen LogP contribution in [-0.4, -0.2) is 4.57 Å². The van der Waals surface area contributed by atoms with Gasteiger partial charge in [0.1, 0.15) is 0 Å². The molecule has 2 heterocycles. The molecule has 12 aromatic rings. The van der Waals surface area contributed by atoms with Gasteiger partial charge >= 0.3 is 0 Å². The molecule has 302 valence electrons. The molecule has 1 aromatic heterocycles. The van der Waals surface area contributed by atoms with Crippen molar-refractivity contribution >= 4 is 60.4 Å². The van der Waals surface area contributed by atoms with E-state index in [0.29, 0.717) is 0 Å². The Morgan fingerprint density at radius 1 is 0.338 bits per heavy atom. The Morgan fingerprint density at radius 3 is 1.69 bits per heavy atom. The molecule has 0 bridgehead atoms. The molecule has 0 amide bonds. The highest BCUT2D eigenvalue weighted by Crippen LogP contribution is 2.61. The molecular formula is C63H40N2. The van der Waals surface area contributed by atoms with Crippen LogP contribution in [0.2, 0.25) is 0 Å². The molecule has 0 fully saturated rings. The standard InChI is InChI=1S/C63H40N2/c1-2-17-45(18-3-1)64(46-38-36-41(37-39-46)44-35-34-43-33-32-42-16-4-5-19-47(42)53(43)40-44)58-29-12-8-22-50(58)51-23-15-31-60-61(51)52-24-14-28-57-62(52)65(60)59-30-13-11-27-56(59)63(57)54-25-9-6-20-48(54)49-21-7-10-26-55(49)63/h1-40H. The first kappa shape index (κ1) is 36.1. The summed E-state index contributed by atoms with van der Waals surface area (Å²) in [4.78, 5) is 2.42. The Bertz CT molecular complexity index is 3850. The number of aromatic nitrogens is 1. The highest BCUT2D eigenvalue weighted by molar-refractivity contribution is 6.19. The van der Waals surface area contributed by atoms with Gasteiger partial charge in [0.2, 0.25) is 0 Å². The normalized spacial score (nSPS) is 13.0. The van der Waals surface area contributed by atoms with Crippen molar-refractivity contribution in [1.82, 2.24) is 4.57 Å². The van der Waals surface area contributed by atoms with Crippen molar-refractivity contribution in [1.29, 1.82) is 0 Å². The van der Waals surface area contributed by atoms with Gasteiger partial charge in [-0.15, -0.1) is 0 Å². The highest BCUT2D eigenvalue weighted by atomic mass is 15.1. The van der Waals surface area contributed by atoms with Crippen molar-refractivity contribution in [3.63, 3.8) is 0 Å². The van der Waals surface area contributed by atoms with Crippen LogP contribution in [0.15, 0.2) is 243 Å². The van der Waals surface area contributed by atoms with Crippen molar-refractivity contribution in [2.45, 2.75) is 5.41 Å². The Labute approximate surface area is 377 Å². The Morgan fingerprint density at radius 2 is 0.892 bits per heavy atom.